The summed E-state index contributed by atoms with van der Waals surface area (Å²) >= 11 is 0. The van der Waals surface area contributed by atoms with Crippen molar-refractivity contribution in [2.45, 2.75) is 176 Å². The predicted molar refractivity (Wildman–Crippen MR) is 216 cm³/mol. The van der Waals surface area contributed by atoms with Crippen molar-refractivity contribution in [2.75, 3.05) is 0 Å². The average Bonchev–Trinajstić information content (AvgIpc) is 2.80. The van der Waals surface area contributed by atoms with Gasteiger partial charge in [0.1, 0.15) is 0 Å². The zero-order valence-corrected chi connectivity index (χ0v) is 42.1. The number of hydrogen-bond donors (Lipinski definition) is 0. The standard InChI is InChI=1S/C30H74O9Si8/c1-22-25-26-40(8,9)33-41(10,11)34-42(12,13)35-43(14,15)36-44(16,17)37-45(18,19)38-46(20,21)39-47(28(6)23-2,29(7)24-3)32-30(31)27(4)5/h28-29H,4,22-26H2,1-3,5-21H3. The SMILES string of the molecule is C=C(C)C(=O)O[Si](O[Si](C)(C)O[Si](C)(C)O[Si](C)(C)O[Si](C)(C)O[Si](C)(C)O[Si](C)(C)O[Si](C)(C)CCCC)(C(C)CC)C(C)CC. The summed E-state index contributed by atoms with van der Waals surface area (Å²) in [7, 11) is -21.0. The Labute approximate surface area is 299 Å². The molecule has 0 saturated carbocycles. The Morgan fingerprint density at radius 2 is 0.851 bits per heavy atom. The first kappa shape index (κ1) is 47.7. The van der Waals surface area contributed by atoms with Gasteiger partial charge < -0.3 is 33.2 Å². The summed E-state index contributed by atoms with van der Waals surface area (Å²) in [6.45, 7) is 45.7. The molecule has 47 heavy (non-hydrogen) atoms. The van der Waals surface area contributed by atoms with E-state index in [1.807, 2.05) is 26.2 Å². The minimum atomic E-state index is -3.08. The smallest absolute Gasteiger partial charge is 0.398 e. The molecule has 0 spiro atoms. The van der Waals surface area contributed by atoms with Gasteiger partial charge in [-0.2, -0.15) is 0 Å². The van der Waals surface area contributed by atoms with E-state index in [1.54, 1.807) is 6.92 Å². The summed E-state index contributed by atoms with van der Waals surface area (Å²) in [5.41, 5.74) is 0.540. The van der Waals surface area contributed by atoms with Crippen LogP contribution >= 0.6 is 0 Å². The van der Waals surface area contributed by atoms with Crippen LogP contribution in [0.25, 0.3) is 0 Å². The maximum absolute atomic E-state index is 12.9. The van der Waals surface area contributed by atoms with E-state index >= 15 is 0 Å². The molecule has 280 valence electrons. The van der Waals surface area contributed by atoms with Crippen molar-refractivity contribution in [3.8, 4) is 0 Å². The van der Waals surface area contributed by atoms with E-state index in [0.717, 1.165) is 18.9 Å². The Balaban J connectivity index is 5.90. The molecule has 0 aromatic carbocycles. The summed E-state index contributed by atoms with van der Waals surface area (Å²) in [6.07, 6.45) is 4.03. The summed E-state index contributed by atoms with van der Waals surface area (Å²) in [4.78, 5) is 12.9. The summed E-state index contributed by atoms with van der Waals surface area (Å²) in [5, 5.41) is 0. The van der Waals surface area contributed by atoms with Crippen molar-refractivity contribution in [1.29, 1.82) is 0 Å². The van der Waals surface area contributed by atoms with Crippen LogP contribution in [0.2, 0.25) is 109 Å². The van der Waals surface area contributed by atoms with Crippen LogP contribution in [0, 0.1) is 0 Å². The molecule has 2 atom stereocenters. The molecular formula is C30H74O9Si8. The van der Waals surface area contributed by atoms with Gasteiger partial charge in [-0.05, 0) is 105 Å². The summed E-state index contributed by atoms with van der Waals surface area (Å²) < 4.78 is 54.1. The van der Waals surface area contributed by atoms with Gasteiger partial charge in [-0.1, -0.05) is 66.9 Å². The Bertz CT molecular complexity index is 1010. The first-order chi connectivity index (χ1) is 20.8. The Hall–Kier alpha value is 0.665. The van der Waals surface area contributed by atoms with Gasteiger partial charge in [-0.15, -0.1) is 0 Å². The Morgan fingerprint density at radius 1 is 0.553 bits per heavy atom. The van der Waals surface area contributed by atoms with Crippen molar-refractivity contribution in [3.05, 3.63) is 12.2 Å². The molecule has 0 saturated heterocycles. The third kappa shape index (κ3) is 17.6. The molecule has 2 unspecified atom stereocenters. The van der Waals surface area contributed by atoms with E-state index < -0.39 is 68.2 Å². The molecule has 0 radical (unpaired) electrons. The second-order valence-corrected chi connectivity index (χ2v) is 46.6. The molecule has 0 N–H and O–H groups in total. The highest BCUT2D eigenvalue weighted by atomic mass is 28.5. The number of carbonyl (C=O) groups is 1. The van der Waals surface area contributed by atoms with E-state index in [9.17, 15) is 4.79 Å². The highest BCUT2D eigenvalue weighted by Gasteiger charge is 2.56. The topological polar surface area (TPSA) is 90.9 Å². The van der Waals surface area contributed by atoms with Gasteiger partial charge in [-0.3, -0.25) is 0 Å². The van der Waals surface area contributed by atoms with Crippen LogP contribution in [0.1, 0.15) is 67.2 Å². The van der Waals surface area contributed by atoms with E-state index in [4.69, 9.17) is 33.2 Å². The lowest BCUT2D eigenvalue weighted by Gasteiger charge is -2.46. The van der Waals surface area contributed by atoms with E-state index in [0.29, 0.717) is 5.57 Å². The van der Waals surface area contributed by atoms with Crippen molar-refractivity contribution < 1.29 is 38.0 Å². The second-order valence-electron chi connectivity index (χ2n) is 16.5. The summed E-state index contributed by atoms with van der Waals surface area (Å²) in [6, 6.07) is 1.14. The molecule has 0 heterocycles. The number of unbranched alkanes of at least 4 members (excludes halogenated alkanes) is 1. The van der Waals surface area contributed by atoms with Gasteiger partial charge in [0.25, 0.3) is 0 Å². The number of hydrogen-bond acceptors (Lipinski definition) is 9. The lowest BCUT2D eigenvalue weighted by molar-refractivity contribution is -0.132. The first-order valence-electron chi connectivity index (χ1n) is 17.6. The fraction of sp³-hybridized carbons (Fsp3) is 0.900. The fourth-order valence-electron chi connectivity index (χ4n) is 6.50. The molecule has 0 rings (SSSR count). The van der Waals surface area contributed by atoms with Gasteiger partial charge in [0.05, 0.1) is 0 Å². The average molecular weight is 804 g/mol. The highest BCUT2D eigenvalue weighted by molar-refractivity contribution is 6.92. The molecule has 9 nitrogen and oxygen atoms in total. The quantitative estimate of drug-likeness (QED) is 0.0740. The van der Waals surface area contributed by atoms with Gasteiger partial charge in [0, 0.05) is 16.7 Å². The largest absolute Gasteiger partial charge is 0.491 e. The Kier molecular flexibility index (Phi) is 18.2. The lowest BCUT2D eigenvalue weighted by Crippen LogP contribution is -2.63. The lowest BCUT2D eigenvalue weighted by atomic mass is 10.3. The molecular weight excluding hydrogens is 729 g/mol. The third-order valence-electron chi connectivity index (χ3n) is 7.72. The van der Waals surface area contributed by atoms with Crippen LogP contribution in [0.15, 0.2) is 12.2 Å². The third-order valence-corrected chi connectivity index (χ3v) is 40.4. The van der Waals surface area contributed by atoms with Crippen LogP contribution < -0.4 is 0 Å². The second kappa shape index (κ2) is 17.9. The van der Waals surface area contributed by atoms with E-state index in [-0.39, 0.29) is 17.1 Å². The van der Waals surface area contributed by atoms with Gasteiger partial charge in [0.15, 0.2) is 8.32 Å². The highest BCUT2D eigenvalue weighted by Crippen LogP contribution is 2.42. The Morgan fingerprint density at radius 3 is 1.13 bits per heavy atom. The normalized spacial score (nSPS) is 16.9. The summed E-state index contributed by atoms with van der Waals surface area (Å²) in [5.74, 6) is -0.390. The number of carbonyl (C=O) groups excluding carboxylic acids is 1. The molecule has 0 aliphatic carbocycles. The molecule has 0 amide bonds. The first-order valence-corrected chi connectivity index (χ1v) is 39.6. The maximum Gasteiger partial charge on any atom is 0.398 e. The van der Waals surface area contributed by atoms with Gasteiger partial charge >= 0.3 is 65.9 Å². The van der Waals surface area contributed by atoms with E-state index in [2.05, 4.69) is 107 Å². The molecule has 0 aliphatic heterocycles. The van der Waals surface area contributed by atoms with Crippen LogP contribution in [-0.2, 0) is 38.0 Å². The minimum absolute atomic E-state index is 0.0813. The molecule has 17 heteroatoms. The van der Waals surface area contributed by atoms with Gasteiger partial charge in [0.2, 0.25) is 0 Å². The van der Waals surface area contributed by atoms with Crippen molar-refractivity contribution in [3.63, 3.8) is 0 Å². The molecule has 0 aromatic rings. The predicted octanol–water partition coefficient (Wildman–Crippen LogP) is 10.5. The maximum atomic E-state index is 12.9. The van der Waals surface area contributed by atoms with Gasteiger partial charge in [-0.25, -0.2) is 4.79 Å². The minimum Gasteiger partial charge on any atom is -0.491 e. The van der Waals surface area contributed by atoms with Crippen LogP contribution in [0.4, 0.5) is 0 Å². The van der Waals surface area contributed by atoms with Crippen molar-refractivity contribution in [1.82, 2.24) is 0 Å². The van der Waals surface area contributed by atoms with Crippen LogP contribution in [0.5, 0.6) is 0 Å². The molecule has 0 aromatic heterocycles. The fourth-order valence-corrected chi connectivity index (χ4v) is 48.2. The monoisotopic (exact) mass is 802 g/mol. The zero-order valence-electron chi connectivity index (χ0n) is 34.1. The van der Waals surface area contributed by atoms with E-state index in [1.165, 1.54) is 12.8 Å². The van der Waals surface area contributed by atoms with Crippen molar-refractivity contribution in [2.24, 2.45) is 0 Å². The van der Waals surface area contributed by atoms with Crippen LogP contribution in [-0.4, -0.2) is 74.2 Å². The molecule has 0 fully saturated rings. The zero-order chi connectivity index (χ0) is 37.5. The molecule has 0 bridgehead atoms. The number of rotatable bonds is 23. The molecule has 0 aliphatic rings. The van der Waals surface area contributed by atoms with Crippen LogP contribution in [0.3, 0.4) is 0 Å². The van der Waals surface area contributed by atoms with Crippen molar-refractivity contribution >= 4 is 74.2 Å².